The van der Waals surface area contributed by atoms with Crippen molar-refractivity contribution >= 4 is 29.7 Å². The van der Waals surface area contributed by atoms with E-state index in [0.29, 0.717) is 17.4 Å². The van der Waals surface area contributed by atoms with E-state index in [1.165, 1.54) is 37.3 Å². The van der Waals surface area contributed by atoms with Gasteiger partial charge in [0.2, 0.25) is 0 Å². The van der Waals surface area contributed by atoms with Gasteiger partial charge in [0, 0.05) is 18.2 Å². The van der Waals surface area contributed by atoms with Crippen LogP contribution in [0, 0.1) is 5.92 Å². The first kappa shape index (κ1) is 21.8. The second-order valence-corrected chi connectivity index (χ2v) is 9.08. The molecule has 3 fully saturated rings. The van der Waals surface area contributed by atoms with Crippen molar-refractivity contribution in [3.8, 4) is 16.3 Å². The Morgan fingerprint density at radius 2 is 1.84 bits per heavy atom. The van der Waals surface area contributed by atoms with Crippen LogP contribution in [0.25, 0.3) is 10.6 Å². The lowest BCUT2D eigenvalue weighted by Gasteiger charge is -2.44. The van der Waals surface area contributed by atoms with E-state index in [0.717, 1.165) is 28.4 Å². The zero-order valence-corrected chi connectivity index (χ0v) is 18.8. The maximum absolute atomic E-state index is 12.7. The molecule has 3 aliphatic heterocycles. The number of benzene rings is 2. The fourth-order valence-electron chi connectivity index (χ4n) is 4.32. The Balaban J connectivity index is 0.00000231. The second kappa shape index (κ2) is 9.81. The zero-order valence-electron chi connectivity index (χ0n) is 17.2. The van der Waals surface area contributed by atoms with Gasteiger partial charge >= 0.3 is 0 Å². The topological polar surface area (TPSA) is 54.5 Å². The molecule has 0 aliphatic carbocycles. The van der Waals surface area contributed by atoms with Crippen LogP contribution in [0.1, 0.15) is 28.1 Å². The second-order valence-electron chi connectivity index (χ2n) is 8.05. The van der Waals surface area contributed by atoms with Crippen molar-refractivity contribution < 1.29 is 9.53 Å². The van der Waals surface area contributed by atoms with Gasteiger partial charge in [0.15, 0.2) is 0 Å². The molecule has 1 aromatic heterocycles. The first-order valence-electron chi connectivity index (χ1n) is 10.5. The molecule has 0 radical (unpaired) electrons. The van der Waals surface area contributed by atoms with E-state index in [1.807, 2.05) is 54.6 Å². The number of aromatic nitrogens is 1. The normalized spacial score (nSPS) is 21.9. The van der Waals surface area contributed by atoms with E-state index in [4.69, 9.17) is 4.74 Å². The number of carbonyl (C=O) groups excluding carboxylic acids is 1. The highest BCUT2D eigenvalue weighted by Gasteiger charge is 2.35. The minimum absolute atomic E-state index is 0. The van der Waals surface area contributed by atoms with Crippen LogP contribution in [0.2, 0.25) is 0 Å². The van der Waals surface area contributed by atoms with Gasteiger partial charge in [-0.2, -0.15) is 0 Å². The number of rotatable bonds is 6. The predicted octanol–water partition coefficient (Wildman–Crippen LogP) is 4.63. The Labute approximate surface area is 192 Å². The molecule has 0 saturated carbocycles. The van der Waals surface area contributed by atoms with Crippen molar-refractivity contribution in [1.29, 1.82) is 0 Å². The smallest absolute Gasteiger partial charge is 0.263 e. The standard InChI is InChI=1S/C24H25N3O2S.ClH/c28-23(26-21-15-27-12-10-18(21)11-13-27)22-14-25-24(30-22)19-6-8-20(9-7-19)29-16-17-4-2-1-3-5-17;/h1-9,14,18,21H,10-13,15-16H2,(H,26,28);1H/t21-;/m0./s1. The van der Waals surface area contributed by atoms with Crippen molar-refractivity contribution in [2.45, 2.75) is 25.5 Å². The largest absolute Gasteiger partial charge is 0.489 e. The average Bonchev–Trinajstić information content (AvgIpc) is 3.30. The zero-order chi connectivity index (χ0) is 20.3. The molecular formula is C24H26ClN3O2S. The number of amides is 1. The van der Waals surface area contributed by atoms with Crippen LogP contribution in [0.5, 0.6) is 5.75 Å². The molecule has 7 heteroatoms. The van der Waals surface area contributed by atoms with Crippen LogP contribution in [0.15, 0.2) is 60.8 Å². The summed E-state index contributed by atoms with van der Waals surface area (Å²) in [6.07, 6.45) is 4.08. The molecule has 4 heterocycles. The summed E-state index contributed by atoms with van der Waals surface area (Å²) in [7, 11) is 0. The van der Waals surface area contributed by atoms with Crippen molar-refractivity contribution in [3.05, 3.63) is 71.2 Å². The van der Waals surface area contributed by atoms with Crippen LogP contribution >= 0.6 is 23.7 Å². The highest BCUT2D eigenvalue weighted by molar-refractivity contribution is 7.16. The first-order chi connectivity index (χ1) is 14.7. The lowest BCUT2D eigenvalue weighted by atomic mass is 9.84. The molecule has 1 atom stereocenters. The van der Waals surface area contributed by atoms with Crippen molar-refractivity contribution in [1.82, 2.24) is 15.2 Å². The maximum atomic E-state index is 12.7. The van der Waals surface area contributed by atoms with Gasteiger partial charge in [-0.25, -0.2) is 4.98 Å². The van der Waals surface area contributed by atoms with Gasteiger partial charge < -0.3 is 15.0 Å². The Bertz CT molecular complexity index is 1000. The number of hydrogen-bond acceptors (Lipinski definition) is 5. The number of nitrogens with zero attached hydrogens (tertiary/aromatic N) is 2. The van der Waals surface area contributed by atoms with E-state index in [2.05, 4.69) is 15.2 Å². The Morgan fingerprint density at radius 1 is 1.10 bits per heavy atom. The highest BCUT2D eigenvalue weighted by Crippen LogP contribution is 2.30. The molecule has 162 valence electrons. The van der Waals surface area contributed by atoms with Crippen LogP contribution < -0.4 is 10.1 Å². The van der Waals surface area contributed by atoms with Crippen molar-refractivity contribution in [2.75, 3.05) is 19.6 Å². The number of hydrogen-bond donors (Lipinski definition) is 1. The van der Waals surface area contributed by atoms with Gasteiger partial charge in [0.1, 0.15) is 22.2 Å². The number of piperidine rings is 3. The molecule has 6 rings (SSSR count). The van der Waals surface area contributed by atoms with E-state index >= 15 is 0 Å². The number of fused-ring (bicyclic) bond motifs is 3. The summed E-state index contributed by atoms with van der Waals surface area (Å²) >= 11 is 1.44. The summed E-state index contributed by atoms with van der Waals surface area (Å²) in [4.78, 5) is 20.3. The van der Waals surface area contributed by atoms with Gasteiger partial charge in [-0.1, -0.05) is 30.3 Å². The van der Waals surface area contributed by atoms with E-state index in [1.54, 1.807) is 6.20 Å². The van der Waals surface area contributed by atoms with Gasteiger partial charge in [-0.15, -0.1) is 23.7 Å². The lowest BCUT2D eigenvalue weighted by Crippen LogP contribution is -2.57. The fourth-order valence-corrected chi connectivity index (χ4v) is 5.14. The third kappa shape index (κ3) is 5.09. The van der Waals surface area contributed by atoms with Crippen LogP contribution in [-0.4, -0.2) is 41.5 Å². The molecule has 1 amide bonds. The van der Waals surface area contributed by atoms with E-state index < -0.39 is 0 Å². The van der Waals surface area contributed by atoms with Gasteiger partial charge in [-0.05, 0) is 61.7 Å². The minimum Gasteiger partial charge on any atom is -0.489 e. The Hall–Kier alpha value is -2.41. The third-order valence-electron chi connectivity index (χ3n) is 6.05. The SMILES string of the molecule is Cl.O=C(N[C@H]1CN2CCC1CC2)c1cnc(-c2ccc(OCc3ccccc3)cc2)s1. The highest BCUT2D eigenvalue weighted by atomic mass is 35.5. The molecule has 3 saturated heterocycles. The minimum atomic E-state index is 0. The molecular weight excluding hydrogens is 430 g/mol. The van der Waals surface area contributed by atoms with Gasteiger partial charge in [0.05, 0.1) is 6.20 Å². The Morgan fingerprint density at radius 3 is 2.52 bits per heavy atom. The summed E-state index contributed by atoms with van der Waals surface area (Å²) in [6.45, 7) is 3.87. The van der Waals surface area contributed by atoms with Crippen LogP contribution in [0.3, 0.4) is 0 Å². The number of ether oxygens (including phenoxy) is 1. The molecule has 2 bridgehead atoms. The first-order valence-corrected chi connectivity index (χ1v) is 11.3. The molecule has 31 heavy (non-hydrogen) atoms. The van der Waals surface area contributed by atoms with Gasteiger partial charge in [0.25, 0.3) is 5.91 Å². The summed E-state index contributed by atoms with van der Waals surface area (Å²) in [5.74, 6) is 1.44. The summed E-state index contributed by atoms with van der Waals surface area (Å²) < 4.78 is 5.85. The van der Waals surface area contributed by atoms with Gasteiger partial charge in [-0.3, -0.25) is 4.79 Å². The number of halogens is 1. The van der Waals surface area contributed by atoms with Crippen molar-refractivity contribution in [2.24, 2.45) is 5.92 Å². The summed E-state index contributed by atoms with van der Waals surface area (Å²) in [5, 5.41) is 4.09. The fraction of sp³-hybridized carbons (Fsp3) is 0.333. The number of nitrogens with one attached hydrogen (secondary N) is 1. The maximum Gasteiger partial charge on any atom is 0.263 e. The molecule has 5 nitrogen and oxygen atoms in total. The van der Waals surface area contributed by atoms with Crippen LogP contribution in [0.4, 0.5) is 0 Å². The Kier molecular flexibility index (Phi) is 6.90. The van der Waals surface area contributed by atoms with Crippen LogP contribution in [-0.2, 0) is 6.61 Å². The van der Waals surface area contributed by atoms with Crippen molar-refractivity contribution in [3.63, 3.8) is 0 Å². The van der Waals surface area contributed by atoms with E-state index in [9.17, 15) is 4.79 Å². The summed E-state index contributed by atoms with van der Waals surface area (Å²) in [6, 6.07) is 18.3. The molecule has 0 spiro atoms. The monoisotopic (exact) mass is 455 g/mol. The third-order valence-corrected chi connectivity index (χ3v) is 7.10. The summed E-state index contributed by atoms with van der Waals surface area (Å²) in [5.41, 5.74) is 2.13. The predicted molar refractivity (Wildman–Crippen MR) is 126 cm³/mol. The average molecular weight is 456 g/mol. The molecule has 0 unspecified atom stereocenters. The lowest BCUT2D eigenvalue weighted by molar-refractivity contribution is 0.0622. The molecule has 3 aromatic rings. The quantitative estimate of drug-likeness (QED) is 0.588. The number of thiazole rings is 1. The van der Waals surface area contributed by atoms with E-state index in [-0.39, 0.29) is 24.4 Å². The molecule has 3 aliphatic rings. The number of carbonyl (C=O) groups is 1. The molecule has 2 aromatic carbocycles. The molecule has 1 N–H and O–H groups in total.